The first kappa shape index (κ1) is 26.9. The van der Waals surface area contributed by atoms with E-state index >= 15 is 0 Å². The minimum Gasteiger partial charge on any atom is -0.481 e. The summed E-state index contributed by atoms with van der Waals surface area (Å²) in [5.74, 6) is -0.168. The third kappa shape index (κ3) is 5.16. The minimum absolute atomic E-state index is 0. The van der Waals surface area contributed by atoms with Crippen LogP contribution in [0.2, 0.25) is 0 Å². The van der Waals surface area contributed by atoms with Crippen LogP contribution in [0.3, 0.4) is 0 Å². The van der Waals surface area contributed by atoms with Gasteiger partial charge in [-0.1, -0.05) is 35.5 Å². The fourth-order valence-corrected chi connectivity index (χ4v) is 5.35. The van der Waals surface area contributed by atoms with Gasteiger partial charge in [0.25, 0.3) is 5.89 Å². The van der Waals surface area contributed by atoms with Crippen molar-refractivity contribution in [2.24, 2.45) is 5.92 Å². The van der Waals surface area contributed by atoms with Gasteiger partial charge in [0.1, 0.15) is 0 Å². The number of hydrogen-bond donors (Lipinski definition) is 1. The van der Waals surface area contributed by atoms with Crippen molar-refractivity contribution < 1.29 is 27.6 Å². The van der Waals surface area contributed by atoms with E-state index in [1.807, 2.05) is 19.1 Å². The monoisotopic (exact) mass is 555 g/mol. The number of benzene rings is 3. The van der Waals surface area contributed by atoms with Crippen molar-refractivity contribution in [3.63, 3.8) is 0 Å². The van der Waals surface area contributed by atoms with Crippen LogP contribution in [0.15, 0.2) is 65.2 Å². The molecule has 2 aliphatic rings. The van der Waals surface area contributed by atoms with E-state index < -0.39 is 17.7 Å². The van der Waals surface area contributed by atoms with Crippen molar-refractivity contribution in [2.75, 3.05) is 0 Å². The Morgan fingerprint density at radius 2 is 1.72 bits per heavy atom. The predicted octanol–water partition coefficient (Wildman–Crippen LogP) is 7.00. The van der Waals surface area contributed by atoms with E-state index in [1.165, 1.54) is 17.2 Å². The molecule has 0 radical (unpaired) electrons. The first-order valence-corrected chi connectivity index (χ1v) is 12.4. The molecule has 1 aliphatic heterocycles. The summed E-state index contributed by atoms with van der Waals surface area (Å²) in [5, 5.41) is 13.3. The number of aryl methyl sites for hydroxylation is 1. The van der Waals surface area contributed by atoms with Crippen LogP contribution in [0.4, 0.5) is 13.2 Å². The van der Waals surface area contributed by atoms with Crippen LogP contribution in [0.1, 0.15) is 35.1 Å². The topological polar surface area (TPSA) is 79.5 Å². The Hall–Kier alpha value is -3.69. The Labute approximate surface area is 228 Å². The number of carbonyl (C=O) groups is 1. The molecule has 39 heavy (non-hydrogen) atoms. The number of halogens is 4. The SMILES string of the molecule is Cc1cc(-c2nc(-c3ccc4c(c3)CN(C3CC(C(=O)O)C3)C4)no2)ccc1-c1cccc(C(F)(F)F)c1.Cl. The Bertz CT molecular complexity index is 1550. The quantitative estimate of drug-likeness (QED) is 0.286. The largest absolute Gasteiger partial charge is 0.481 e. The first-order valence-electron chi connectivity index (χ1n) is 12.4. The summed E-state index contributed by atoms with van der Waals surface area (Å²) in [6.45, 7) is 3.41. The van der Waals surface area contributed by atoms with Crippen LogP contribution >= 0.6 is 12.4 Å². The molecule has 6 rings (SSSR count). The summed E-state index contributed by atoms with van der Waals surface area (Å²) >= 11 is 0. The number of aromatic nitrogens is 2. The van der Waals surface area contributed by atoms with Gasteiger partial charge in [-0.3, -0.25) is 9.69 Å². The van der Waals surface area contributed by atoms with Gasteiger partial charge in [0, 0.05) is 30.3 Å². The molecular weight excluding hydrogens is 531 g/mol. The van der Waals surface area contributed by atoms with Crippen LogP contribution in [0, 0.1) is 12.8 Å². The number of hydrogen-bond acceptors (Lipinski definition) is 5. The molecule has 4 aromatic rings. The lowest BCUT2D eigenvalue weighted by Crippen LogP contribution is -2.44. The predicted molar refractivity (Wildman–Crippen MR) is 141 cm³/mol. The maximum Gasteiger partial charge on any atom is 0.416 e. The van der Waals surface area contributed by atoms with Crippen molar-refractivity contribution in [1.82, 2.24) is 15.0 Å². The highest BCUT2D eigenvalue weighted by Crippen LogP contribution is 2.38. The molecule has 0 atom stereocenters. The molecule has 0 unspecified atom stereocenters. The Morgan fingerprint density at radius 1 is 0.974 bits per heavy atom. The van der Waals surface area contributed by atoms with Gasteiger partial charge in [-0.05, 0) is 77.9 Å². The number of fused-ring (bicyclic) bond motifs is 1. The number of carboxylic acids is 1. The average Bonchev–Trinajstić information content (AvgIpc) is 3.49. The summed E-state index contributed by atoms with van der Waals surface area (Å²) in [6, 6.07) is 17.0. The Morgan fingerprint density at radius 3 is 2.44 bits per heavy atom. The lowest BCUT2D eigenvalue weighted by Gasteiger charge is -2.39. The Kier molecular flexibility index (Phi) is 6.99. The van der Waals surface area contributed by atoms with Gasteiger partial charge < -0.3 is 9.63 Å². The molecule has 202 valence electrons. The Balaban J connectivity index is 0.00000308. The molecule has 0 spiro atoms. The van der Waals surface area contributed by atoms with Gasteiger partial charge >= 0.3 is 12.1 Å². The molecule has 2 heterocycles. The zero-order valence-corrected chi connectivity index (χ0v) is 21.7. The van der Waals surface area contributed by atoms with Gasteiger partial charge in [-0.25, -0.2) is 0 Å². The number of carboxylic acid groups (broad SMARTS) is 1. The molecule has 0 saturated heterocycles. The molecule has 0 amide bonds. The normalized spacial score (nSPS) is 18.8. The molecule has 1 saturated carbocycles. The van der Waals surface area contributed by atoms with Crippen molar-refractivity contribution in [3.8, 4) is 34.0 Å². The second-order valence-electron chi connectivity index (χ2n) is 10.1. The smallest absolute Gasteiger partial charge is 0.416 e. The van der Waals surface area contributed by atoms with E-state index in [0.717, 1.165) is 36.3 Å². The van der Waals surface area contributed by atoms with Crippen LogP contribution in [-0.2, 0) is 24.1 Å². The molecule has 6 nitrogen and oxygen atoms in total. The zero-order valence-electron chi connectivity index (χ0n) is 20.9. The number of aliphatic carboxylic acids is 1. The molecule has 3 aromatic carbocycles. The summed E-state index contributed by atoms with van der Waals surface area (Å²) in [4.78, 5) is 18.0. The first-order chi connectivity index (χ1) is 18.2. The standard InChI is InChI=1S/C29H24F3N3O3.ClH/c1-16-9-19(7-8-25(16)17-3-2-4-23(11-17)29(30,31)32)27-33-26(34-38-27)18-5-6-20-14-35(15-22(20)10-18)24-12-21(13-24)28(36)37;/h2-11,21,24H,12-15H2,1H3,(H,36,37);1H. The third-order valence-electron chi connectivity index (χ3n) is 7.59. The highest BCUT2D eigenvalue weighted by molar-refractivity contribution is 5.85. The van der Waals surface area contributed by atoms with Gasteiger partial charge in [0.05, 0.1) is 11.5 Å². The molecular formula is C29H25ClF3N3O3. The van der Waals surface area contributed by atoms with Crippen molar-refractivity contribution in [2.45, 2.75) is 45.1 Å². The number of rotatable bonds is 5. The lowest BCUT2D eigenvalue weighted by atomic mass is 9.79. The van der Waals surface area contributed by atoms with E-state index in [4.69, 9.17) is 9.63 Å². The fraction of sp³-hybridized carbons (Fsp3) is 0.276. The van der Waals surface area contributed by atoms with Crippen LogP contribution in [0.25, 0.3) is 34.0 Å². The van der Waals surface area contributed by atoms with Gasteiger partial charge in [-0.15, -0.1) is 12.4 Å². The summed E-state index contributed by atoms with van der Waals surface area (Å²) in [6.07, 6.45) is -3.02. The van der Waals surface area contributed by atoms with Crippen LogP contribution in [0.5, 0.6) is 0 Å². The van der Waals surface area contributed by atoms with Crippen molar-refractivity contribution in [1.29, 1.82) is 0 Å². The summed E-state index contributed by atoms with van der Waals surface area (Å²) < 4.78 is 45.0. The van der Waals surface area contributed by atoms with Gasteiger partial charge in [0.15, 0.2) is 0 Å². The molecule has 0 bridgehead atoms. The van der Waals surface area contributed by atoms with Crippen LogP contribution in [-0.4, -0.2) is 32.2 Å². The maximum absolute atomic E-state index is 13.1. The van der Waals surface area contributed by atoms with E-state index in [0.29, 0.717) is 47.3 Å². The molecule has 1 aliphatic carbocycles. The highest BCUT2D eigenvalue weighted by Gasteiger charge is 2.39. The summed E-state index contributed by atoms with van der Waals surface area (Å²) in [7, 11) is 0. The van der Waals surface area contributed by atoms with Crippen LogP contribution < -0.4 is 0 Å². The maximum atomic E-state index is 13.1. The molecule has 1 fully saturated rings. The van der Waals surface area contributed by atoms with Crippen molar-refractivity contribution >= 4 is 18.4 Å². The molecule has 10 heteroatoms. The minimum atomic E-state index is -4.40. The zero-order chi connectivity index (χ0) is 26.6. The van der Waals surface area contributed by atoms with Gasteiger partial charge in [-0.2, -0.15) is 18.2 Å². The number of alkyl halides is 3. The average molecular weight is 556 g/mol. The van der Waals surface area contributed by atoms with Gasteiger partial charge in [0.2, 0.25) is 5.82 Å². The highest BCUT2D eigenvalue weighted by atomic mass is 35.5. The molecule has 1 N–H and O–H groups in total. The fourth-order valence-electron chi connectivity index (χ4n) is 5.35. The van der Waals surface area contributed by atoms with E-state index in [9.17, 15) is 18.0 Å². The van der Waals surface area contributed by atoms with E-state index in [-0.39, 0.29) is 18.3 Å². The number of nitrogens with zero attached hydrogens (tertiary/aromatic N) is 3. The second-order valence-corrected chi connectivity index (χ2v) is 10.1. The lowest BCUT2D eigenvalue weighted by molar-refractivity contribution is -0.147. The molecule has 1 aromatic heterocycles. The second kappa shape index (κ2) is 10.1. The summed E-state index contributed by atoms with van der Waals surface area (Å²) in [5.41, 5.74) is 5.20. The van der Waals surface area contributed by atoms with E-state index in [2.05, 4.69) is 27.2 Å². The van der Waals surface area contributed by atoms with E-state index in [1.54, 1.807) is 18.2 Å². The van der Waals surface area contributed by atoms with Crippen molar-refractivity contribution in [3.05, 3.63) is 82.9 Å². The third-order valence-corrected chi connectivity index (χ3v) is 7.59.